The predicted octanol–water partition coefficient (Wildman–Crippen LogP) is 4.51. The molecule has 0 amide bonds. The molecule has 0 saturated heterocycles. The van der Waals surface area contributed by atoms with E-state index in [4.69, 9.17) is 25.6 Å². The number of ether oxygens (including phenoxy) is 1. The van der Waals surface area contributed by atoms with Gasteiger partial charge >= 0.3 is 0 Å². The van der Waals surface area contributed by atoms with Gasteiger partial charge in [-0.3, -0.25) is 4.90 Å². The summed E-state index contributed by atoms with van der Waals surface area (Å²) in [5.74, 6) is 0.734. The smallest absolute Gasteiger partial charge is 0.145 e. The van der Waals surface area contributed by atoms with Gasteiger partial charge in [0.05, 0.1) is 24.7 Å². The second-order valence-electron chi connectivity index (χ2n) is 7.91. The van der Waals surface area contributed by atoms with Crippen LogP contribution in [0.2, 0.25) is 5.02 Å². The van der Waals surface area contributed by atoms with Gasteiger partial charge in [-0.15, -0.1) is 0 Å². The molecule has 3 aromatic rings. The lowest BCUT2D eigenvalue weighted by molar-refractivity contribution is -0.00955. The van der Waals surface area contributed by atoms with Gasteiger partial charge in [-0.1, -0.05) is 59.2 Å². The molecule has 2 atom stereocenters. The SMILES string of the molecule is O[C@H](COCc1ccco1)CN(Cc1cccc(Cl)c1)C[C@H]1CC(c2ccccc2)=NO1. The number of halogens is 1. The van der Waals surface area contributed by atoms with Crippen LogP contribution >= 0.6 is 11.6 Å². The summed E-state index contributed by atoms with van der Waals surface area (Å²) in [6, 6.07) is 21.5. The molecular formula is C25H27ClN2O4. The van der Waals surface area contributed by atoms with Crippen molar-refractivity contribution >= 4 is 17.3 Å². The Labute approximate surface area is 193 Å². The first-order valence-corrected chi connectivity index (χ1v) is 11.1. The zero-order valence-electron chi connectivity index (χ0n) is 17.8. The summed E-state index contributed by atoms with van der Waals surface area (Å²) in [6.45, 7) is 2.24. The van der Waals surface area contributed by atoms with E-state index in [1.807, 2.05) is 66.7 Å². The first kappa shape index (κ1) is 22.6. The van der Waals surface area contributed by atoms with Crippen molar-refractivity contribution in [2.45, 2.75) is 31.8 Å². The molecule has 1 aliphatic rings. The van der Waals surface area contributed by atoms with Gasteiger partial charge in [0.25, 0.3) is 0 Å². The summed E-state index contributed by atoms with van der Waals surface area (Å²) in [7, 11) is 0. The van der Waals surface area contributed by atoms with E-state index in [1.165, 1.54) is 0 Å². The highest BCUT2D eigenvalue weighted by Crippen LogP contribution is 2.19. The number of furan rings is 1. The fourth-order valence-electron chi connectivity index (χ4n) is 3.75. The number of oxime groups is 1. The largest absolute Gasteiger partial charge is 0.467 e. The van der Waals surface area contributed by atoms with Crippen LogP contribution in [0.5, 0.6) is 0 Å². The van der Waals surface area contributed by atoms with Gasteiger partial charge in [-0.25, -0.2) is 0 Å². The van der Waals surface area contributed by atoms with Crippen LogP contribution < -0.4 is 0 Å². The normalized spacial score (nSPS) is 16.7. The van der Waals surface area contributed by atoms with E-state index in [9.17, 15) is 5.11 Å². The summed E-state index contributed by atoms with van der Waals surface area (Å²) in [5.41, 5.74) is 3.09. The van der Waals surface area contributed by atoms with E-state index >= 15 is 0 Å². The third-order valence-electron chi connectivity index (χ3n) is 5.20. The van der Waals surface area contributed by atoms with Gasteiger partial charge in [0.1, 0.15) is 18.5 Å². The minimum absolute atomic E-state index is 0.0828. The van der Waals surface area contributed by atoms with Crippen LogP contribution in [0.4, 0.5) is 0 Å². The van der Waals surface area contributed by atoms with Gasteiger partial charge in [-0.2, -0.15) is 0 Å². The van der Waals surface area contributed by atoms with E-state index in [-0.39, 0.29) is 12.7 Å². The summed E-state index contributed by atoms with van der Waals surface area (Å²) >= 11 is 6.17. The second kappa shape index (κ2) is 11.3. The Morgan fingerprint density at radius 2 is 2.00 bits per heavy atom. The van der Waals surface area contributed by atoms with Crippen molar-refractivity contribution in [1.82, 2.24) is 4.90 Å². The van der Waals surface area contributed by atoms with Crippen molar-refractivity contribution in [1.29, 1.82) is 0 Å². The quantitative estimate of drug-likeness (QED) is 0.462. The maximum Gasteiger partial charge on any atom is 0.145 e. The molecule has 4 rings (SSSR count). The Bertz CT molecular complexity index is 994. The Balaban J connectivity index is 1.34. The highest BCUT2D eigenvalue weighted by molar-refractivity contribution is 6.30. The highest BCUT2D eigenvalue weighted by atomic mass is 35.5. The van der Waals surface area contributed by atoms with Crippen molar-refractivity contribution in [3.8, 4) is 0 Å². The molecule has 1 aromatic heterocycles. The topological polar surface area (TPSA) is 67.4 Å². The molecule has 0 fully saturated rings. The van der Waals surface area contributed by atoms with Crippen molar-refractivity contribution in [3.63, 3.8) is 0 Å². The van der Waals surface area contributed by atoms with Gasteiger partial charge in [0.15, 0.2) is 0 Å². The van der Waals surface area contributed by atoms with Crippen molar-refractivity contribution < 1.29 is 19.1 Å². The van der Waals surface area contributed by atoms with Crippen LogP contribution in [0.1, 0.15) is 23.3 Å². The predicted molar refractivity (Wildman–Crippen MR) is 124 cm³/mol. The van der Waals surface area contributed by atoms with Crippen molar-refractivity contribution in [3.05, 3.63) is 94.9 Å². The Morgan fingerprint density at radius 1 is 1.12 bits per heavy atom. The maximum atomic E-state index is 10.6. The lowest BCUT2D eigenvalue weighted by Crippen LogP contribution is -2.39. The standard InChI is InChI=1S/C25H27ClN2O4/c26-21-9-4-6-19(12-21)14-28(15-22(29)17-30-18-23-10-5-11-31-23)16-24-13-25(27-32-24)20-7-2-1-3-8-20/h1-12,22,24,29H,13-18H2/t22-,24+/m0/s1. The molecule has 1 N–H and O–H groups in total. The average molecular weight is 455 g/mol. The summed E-state index contributed by atoms with van der Waals surface area (Å²) < 4.78 is 10.9. The number of nitrogens with zero attached hydrogens (tertiary/aromatic N) is 2. The molecule has 0 bridgehead atoms. The third kappa shape index (κ3) is 6.68. The molecule has 0 aliphatic carbocycles. The van der Waals surface area contributed by atoms with Gasteiger partial charge in [0.2, 0.25) is 0 Å². The molecule has 7 heteroatoms. The summed E-state index contributed by atoms with van der Waals surface area (Å²) in [5, 5.41) is 15.6. The van der Waals surface area contributed by atoms with Crippen molar-refractivity contribution in [2.24, 2.45) is 5.16 Å². The number of rotatable bonds is 11. The molecule has 2 aromatic carbocycles. The highest BCUT2D eigenvalue weighted by Gasteiger charge is 2.25. The number of aliphatic hydroxyl groups is 1. The number of hydrogen-bond acceptors (Lipinski definition) is 6. The fraction of sp³-hybridized carbons (Fsp3) is 0.320. The summed E-state index contributed by atoms with van der Waals surface area (Å²) in [4.78, 5) is 7.87. The van der Waals surface area contributed by atoms with Crippen molar-refractivity contribution in [2.75, 3.05) is 19.7 Å². The first-order chi connectivity index (χ1) is 15.7. The van der Waals surface area contributed by atoms with E-state index in [2.05, 4.69) is 10.1 Å². The fourth-order valence-corrected chi connectivity index (χ4v) is 3.97. The molecule has 2 heterocycles. The zero-order chi connectivity index (χ0) is 22.2. The molecule has 1 aliphatic heterocycles. The summed E-state index contributed by atoms with van der Waals surface area (Å²) in [6.07, 6.45) is 1.59. The first-order valence-electron chi connectivity index (χ1n) is 10.7. The van der Waals surface area contributed by atoms with Gasteiger partial charge in [-0.05, 0) is 35.4 Å². The van der Waals surface area contributed by atoms with Crippen LogP contribution in [0.3, 0.4) is 0 Å². The molecule has 6 nitrogen and oxygen atoms in total. The number of aliphatic hydroxyl groups excluding tert-OH is 1. The molecule has 32 heavy (non-hydrogen) atoms. The minimum atomic E-state index is -0.653. The molecule has 0 unspecified atom stereocenters. The number of hydrogen-bond donors (Lipinski definition) is 1. The van der Waals surface area contributed by atoms with E-state index in [0.29, 0.717) is 31.3 Å². The maximum absolute atomic E-state index is 10.6. The van der Waals surface area contributed by atoms with E-state index in [1.54, 1.807) is 6.26 Å². The van der Waals surface area contributed by atoms with Crippen LogP contribution in [0.25, 0.3) is 0 Å². The zero-order valence-corrected chi connectivity index (χ0v) is 18.5. The molecule has 0 spiro atoms. The van der Waals surface area contributed by atoms with Crippen LogP contribution in [0, 0.1) is 0 Å². The molecule has 0 saturated carbocycles. The molecular weight excluding hydrogens is 428 g/mol. The van der Waals surface area contributed by atoms with Gasteiger partial charge < -0.3 is 19.1 Å². The van der Waals surface area contributed by atoms with Crippen LogP contribution in [-0.2, 0) is 22.7 Å². The van der Waals surface area contributed by atoms with E-state index in [0.717, 1.165) is 29.0 Å². The third-order valence-corrected chi connectivity index (χ3v) is 5.44. The average Bonchev–Trinajstić information content (AvgIpc) is 3.47. The monoisotopic (exact) mass is 454 g/mol. The van der Waals surface area contributed by atoms with Crippen LogP contribution in [0.15, 0.2) is 82.6 Å². The molecule has 168 valence electrons. The Morgan fingerprint density at radius 3 is 2.78 bits per heavy atom. The minimum Gasteiger partial charge on any atom is -0.467 e. The van der Waals surface area contributed by atoms with E-state index < -0.39 is 6.10 Å². The second-order valence-corrected chi connectivity index (χ2v) is 8.34. The Kier molecular flexibility index (Phi) is 7.96. The number of benzene rings is 2. The molecule has 0 radical (unpaired) electrons. The van der Waals surface area contributed by atoms with Crippen LogP contribution in [-0.4, -0.2) is 47.6 Å². The Hall–Kier alpha value is -2.64. The lowest BCUT2D eigenvalue weighted by Gasteiger charge is -2.27. The van der Waals surface area contributed by atoms with Gasteiger partial charge in [0, 0.05) is 31.1 Å². The lowest BCUT2D eigenvalue weighted by atomic mass is 10.0.